The minimum absolute atomic E-state index is 0.489. The van der Waals surface area contributed by atoms with Crippen molar-refractivity contribution in [1.29, 1.82) is 0 Å². The van der Waals surface area contributed by atoms with Gasteiger partial charge in [-0.1, -0.05) is 24.3 Å². The van der Waals surface area contributed by atoms with E-state index < -0.39 is 0 Å². The molecule has 0 aromatic carbocycles. The lowest BCUT2D eigenvalue weighted by molar-refractivity contribution is 0.174. The van der Waals surface area contributed by atoms with Crippen molar-refractivity contribution in [3.05, 3.63) is 64.7 Å². The minimum atomic E-state index is 0.489. The van der Waals surface area contributed by atoms with Gasteiger partial charge in [-0.15, -0.1) is 5.73 Å². The summed E-state index contributed by atoms with van der Waals surface area (Å²) < 4.78 is 0. The molecule has 0 aromatic heterocycles. The predicted octanol–water partition coefficient (Wildman–Crippen LogP) is 6.79. The molecule has 0 rings (SSSR count). The molecule has 3 heteroatoms. The lowest BCUT2D eigenvalue weighted by atomic mass is 10.1. The van der Waals surface area contributed by atoms with E-state index >= 15 is 0 Å². The lowest BCUT2D eigenvalue weighted by Crippen LogP contribution is -2.42. The molecule has 0 aliphatic carbocycles. The van der Waals surface area contributed by atoms with E-state index in [0.29, 0.717) is 12.1 Å². The summed E-state index contributed by atoms with van der Waals surface area (Å²) in [6.45, 7) is 23.7. The monoisotopic (exact) mass is 427 g/mol. The summed E-state index contributed by atoms with van der Waals surface area (Å²) >= 11 is 0. The molecule has 0 heterocycles. The number of hydrogen-bond donors (Lipinski definition) is 0. The van der Waals surface area contributed by atoms with Crippen LogP contribution in [-0.4, -0.2) is 61.0 Å². The van der Waals surface area contributed by atoms with Crippen LogP contribution >= 0.6 is 0 Å². The summed E-state index contributed by atoms with van der Waals surface area (Å²) in [7, 11) is 6.59. The molecule has 0 amide bonds. The SMILES string of the molecule is C=C(C/C(C=C=CC)=C/C)N(C)C/C(C)=C(/CC=C(C)C)N(C)CC(C)N(C)C(C)C. The Hall–Kier alpha value is -1.96. The van der Waals surface area contributed by atoms with Crippen LogP contribution in [0.2, 0.25) is 0 Å². The Kier molecular flexibility index (Phi) is 14.0. The van der Waals surface area contributed by atoms with Gasteiger partial charge in [0.05, 0.1) is 0 Å². The van der Waals surface area contributed by atoms with Crippen LogP contribution in [0, 0.1) is 0 Å². The highest BCUT2D eigenvalue weighted by molar-refractivity contribution is 5.24. The Morgan fingerprint density at radius 2 is 1.61 bits per heavy atom. The number of likely N-dealkylation sites (N-methyl/N-ethyl adjacent to an activating group) is 3. The molecule has 0 N–H and O–H groups in total. The molecule has 3 nitrogen and oxygen atoms in total. The van der Waals surface area contributed by atoms with E-state index in [0.717, 1.165) is 31.6 Å². The maximum absolute atomic E-state index is 4.35. The van der Waals surface area contributed by atoms with Crippen LogP contribution in [0.1, 0.15) is 68.2 Å². The Morgan fingerprint density at radius 3 is 2.10 bits per heavy atom. The van der Waals surface area contributed by atoms with Gasteiger partial charge in [-0.05, 0) is 85.7 Å². The first-order chi connectivity index (χ1) is 14.4. The molecule has 0 saturated heterocycles. The van der Waals surface area contributed by atoms with Crippen LogP contribution < -0.4 is 0 Å². The molecule has 0 aromatic rings. The fraction of sp³-hybridized carbons (Fsp3) is 0.607. The summed E-state index contributed by atoms with van der Waals surface area (Å²) in [6, 6.07) is 1.03. The van der Waals surface area contributed by atoms with E-state index in [2.05, 4.69) is 109 Å². The van der Waals surface area contributed by atoms with Gasteiger partial charge >= 0.3 is 0 Å². The second kappa shape index (κ2) is 14.9. The predicted molar refractivity (Wildman–Crippen MR) is 140 cm³/mol. The van der Waals surface area contributed by atoms with Gasteiger partial charge in [-0.3, -0.25) is 4.90 Å². The van der Waals surface area contributed by atoms with Crippen molar-refractivity contribution in [3.63, 3.8) is 0 Å². The molecule has 0 aliphatic heterocycles. The normalized spacial score (nSPS) is 13.4. The third kappa shape index (κ3) is 11.3. The van der Waals surface area contributed by atoms with Gasteiger partial charge in [0.1, 0.15) is 0 Å². The maximum Gasteiger partial charge on any atom is 0.0399 e. The van der Waals surface area contributed by atoms with Crippen LogP contribution in [0.15, 0.2) is 64.7 Å². The van der Waals surface area contributed by atoms with Gasteiger partial charge in [0, 0.05) is 63.5 Å². The molecular weight excluding hydrogens is 378 g/mol. The highest BCUT2D eigenvalue weighted by Gasteiger charge is 2.17. The average Bonchev–Trinajstić information content (AvgIpc) is 2.69. The first-order valence-electron chi connectivity index (χ1n) is 11.6. The third-order valence-electron chi connectivity index (χ3n) is 5.93. The Labute approximate surface area is 194 Å². The van der Waals surface area contributed by atoms with E-state index in [9.17, 15) is 0 Å². The van der Waals surface area contributed by atoms with Gasteiger partial charge in [0.2, 0.25) is 0 Å². The number of rotatable bonds is 13. The van der Waals surface area contributed by atoms with E-state index in [1.807, 2.05) is 19.1 Å². The Balaban J connectivity index is 5.53. The second-order valence-electron chi connectivity index (χ2n) is 9.26. The standard InChI is InChI=1S/C28H49N3/c1-13-15-16-27(14-2)19-25(8)29(10)20-24(7)28(18-17-22(3)4)30(11)21-26(9)31(12)23(5)6/h13-14,16-17,23,26H,8,18-21H2,1-7,9-12H3/b27-14+,28-24-. The van der Waals surface area contributed by atoms with Crippen molar-refractivity contribution in [1.82, 2.24) is 14.7 Å². The third-order valence-corrected chi connectivity index (χ3v) is 5.93. The molecule has 31 heavy (non-hydrogen) atoms. The molecule has 0 saturated carbocycles. The molecule has 0 aliphatic rings. The molecular formula is C28H49N3. The second-order valence-corrected chi connectivity index (χ2v) is 9.26. The van der Waals surface area contributed by atoms with Crippen molar-refractivity contribution < 1.29 is 0 Å². The topological polar surface area (TPSA) is 9.72 Å². The molecule has 0 spiro atoms. The van der Waals surface area contributed by atoms with E-state index in [1.165, 1.54) is 22.4 Å². The highest BCUT2D eigenvalue weighted by Crippen LogP contribution is 2.20. The van der Waals surface area contributed by atoms with Crippen molar-refractivity contribution in [3.8, 4) is 0 Å². The molecule has 1 atom stereocenters. The van der Waals surface area contributed by atoms with E-state index in [4.69, 9.17) is 0 Å². The number of hydrogen-bond acceptors (Lipinski definition) is 3. The molecule has 0 fully saturated rings. The van der Waals surface area contributed by atoms with Crippen LogP contribution in [0.25, 0.3) is 0 Å². The van der Waals surface area contributed by atoms with E-state index in [1.54, 1.807) is 0 Å². The molecule has 0 radical (unpaired) electrons. The number of nitrogens with zero attached hydrogens (tertiary/aromatic N) is 3. The summed E-state index contributed by atoms with van der Waals surface area (Å²) in [6.07, 6.45) is 10.3. The van der Waals surface area contributed by atoms with Crippen molar-refractivity contribution in [2.45, 2.75) is 80.3 Å². The summed E-state index contributed by atoms with van der Waals surface area (Å²) in [5, 5.41) is 0. The zero-order chi connectivity index (χ0) is 24.1. The van der Waals surface area contributed by atoms with Crippen molar-refractivity contribution in [2.24, 2.45) is 0 Å². The number of allylic oxidation sites excluding steroid dienone is 5. The fourth-order valence-corrected chi connectivity index (χ4v) is 3.46. The van der Waals surface area contributed by atoms with Crippen LogP contribution in [-0.2, 0) is 0 Å². The summed E-state index contributed by atoms with van der Waals surface area (Å²) in [4.78, 5) is 7.17. The van der Waals surface area contributed by atoms with E-state index in [-0.39, 0.29) is 0 Å². The zero-order valence-electron chi connectivity index (χ0n) is 22.3. The smallest absolute Gasteiger partial charge is 0.0399 e. The maximum atomic E-state index is 4.35. The lowest BCUT2D eigenvalue weighted by Gasteiger charge is -2.34. The van der Waals surface area contributed by atoms with Gasteiger partial charge in [-0.25, -0.2) is 0 Å². The average molecular weight is 428 g/mol. The Morgan fingerprint density at radius 1 is 1.00 bits per heavy atom. The quantitative estimate of drug-likeness (QED) is 0.182. The van der Waals surface area contributed by atoms with Gasteiger partial charge in [0.25, 0.3) is 0 Å². The van der Waals surface area contributed by atoms with Crippen LogP contribution in [0.3, 0.4) is 0 Å². The fourth-order valence-electron chi connectivity index (χ4n) is 3.46. The van der Waals surface area contributed by atoms with Crippen molar-refractivity contribution in [2.75, 3.05) is 34.2 Å². The van der Waals surface area contributed by atoms with Crippen molar-refractivity contribution >= 4 is 0 Å². The molecule has 0 bridgehead atoms. The largest absolute Gasteiger partial charge is 0.376 e. The van der Waals surface area contributed by atoms with Gasteiger partial charge in [-0.2, -0.15) is 0 Å². The highest BCUT2D eigenvalue weighted by atomic mass is 15.2. The van der Waals surface area contributed by atoms with Crippen LogP contribution in [0.4, 0.5) is 0 Å². The first-order valence-corrected chi connectivity index (χ1v) is 11.6. The molecule has 176 valence electrons. The first kappa shape index (κ1) is 29.0. The Bertz CT molecular complexity index is 711. The van der Waals surface area contributed by atoms with Gasteiger partial charge in [0.15, 0.2) is 0 Å². The van der Waals surface area contributed by atoms with Gasteiger partial charge < -0.3 is 9.80 Å². The summed E-state index contributed by atoms with van der Waals surface area (Å²) in [5.41, 5.74) is 9.70. The van der Waals surface area contributed by atoms with Crippen LogP contribution in [0.5, 0.6) is 0 Å². The minimum Gasteiger partial charge on any atom is -0.376 e. The summed E-state index contributed by atoms with van der Waals surface area (Å²) in [5.74, 6) is 0. The molecule has 1 unspecified atom stereocenters. The zero-order valence-corrected chi connectivity index (χ0v) is 22.3.